The van der Waals surface area contributed by atoms with Gasteiger partial charge in [-0.15, -0.1) is 0 Å². The van der Waals surface area contributed by atoms with Gasteiger partial charge in [-0.1, -0.05) is 0 Å². The lowest BCUT2D eigenvalue weighted by Gasteiger charge is -2.47. The Bertz CT molecular complexity index is 1410. The first-order chi connectivity index (χ1) is 18.6. The average Bonchev–Trinajstić information content (AvgIpc) is 3.30. The molecule has 4 heterocycles. The molecule has 3 aromatic rings. The molecule has 0 bridgehead atoms. The van der Waals surface area contributed by atoms with Crippen molar-refractivity contribution in [3.05, 3.63) is 64.1 Å². The number of piperazine rings is 1. The Morgan fingerprint density at radius 1 is 1.10 bits per heavy atom. The normalized spacial score (nSPS) is 16.6. The van der Waals surface area contributed by atoms with Gasteiger partial charge in [0.15, 0.2) is 0 Å². The molecule has 1 aliphatic heterocycles. The van der Waals surface area contributed by atoms with E-state index in [1.54, 1.807) is 44.8 Å². The highest BCUT2D eigenvalue weighted by Crippen LogP contribution is 2.32. The number of rotatable bonds is 6. The minimum atomic E-state index is -4.87. The third kappa shape index (κ3) is 6.20. The fraction of sp³-hybridized carbons (Fsp3) is 0.458. The van der Waals surface area contributed by atoms with Crippen LogP contribution >= 0.6 is 0 Å². The maximum atomic E-state index is 13.3. The van der Waals surface area contributed by atoms with Crippen molar-refractivity contribution < 1.29 is 31.1 Å². The Kier molecular flexibility index (Phi) is 7.56. The second kappa shape index (κ2) is 10.5. The van der Waals surface area contributed by atoms with E-state index in [1.165, 1.54) is 0 Å². The summed E-state index contributed by atoms with van der Waals surface area (Å²) in [5.74, 6) is -0.152. The van der Waals surface area contributed by atoms with Crippen LogP contribution in [0.2, 0.25) is 0 Å². The molecule has 0 radical (unpaired) electrons. The van der Waals surface area contributed by atoms with E-state index >= 15 is 0 Å². The molecule has 1 aliphatic rings. The molecule has 0 aliphatic carbocycles. The zero-order valence-electron chi connectivity index (χ0n) is 21.6. The highest BCUT2D eigenvalue weighted by atomic mass is 19.4. The molecule has 1 saturated heterocycles. The van der Waals surface area contributed by atoms with Crippen molar-refractivity contribution in [2.24, 2.45) is 0 Å². The lowest BCUT2D eigenvalue weighted by molar-refractivity contribution is -0.139. The number of aromatic nitrogens is 5. The van der Waals surface area contributed by atoms with Gasteiger partial charge in [0.2, 0.25) is 5.95 Å². The fourth-order valence-electron chi connectivity index (χ4n) is 4.59. The number of carbonyl (C=O) groups excluding carboxylic acids is 1. The number of carbonyl (C=O) groups is 1. The summed E-state index contributed by atoms with van der Waals surface area (Å²) in [4.78, 5) is 36.1. The molecule has 1 amide bonds. The summed E-state index contributed by atoms with van der Waals surface area (Å²) in [6.45, 7) is 6.27. The molecule has 4 rings (SSSR count). The summed E-state index contributed by atoms with van der Waals surface area (Å²) >= 11 is 0. The lowest BCUT2D eigenvalue weighted by atomic mass is 9.98. The van der Waals surface area contributed by atoms with Crippen LogP contribution in [0.1, 0.15) is 42.3 Å². The highest BCUT2D eigenvalue weighted by molar-refractivity contribution is 5.94. The van der Waals surface area contributed by atoms with E-state index in [9.17, 15) is 35.9 Å². The molecule has 0 aromatic carbocycles. The van der Waals surface area contributed by atoms with Crippen molar-refractivity contribution in [2.45, 2.75) is 51.2 Å². The predicted molar refractivity (Wildman–Crippen MR) is 132 cm³/mol. The molecule has 1 atom stereocenters. The Labute approximate surface area is 224 Å². The predicted octanol–water partition coefficient (Wildman–Crippen LogP) is 3.64. The van der Waals surface area contributed by atoms with Crippen LogP contribution in [0.15, 0.2) is 41.8 Å². The summed E-state index contributed by atoms with van der Waals surface area (Å²) in [5, 5.41) is 7.87. The first kappa shape index (κ1) is 28.9. The van der Waals surface area contributed by atoms with Crippen LogP contribution in [0.5, 0.6) is 0 Å². The summed E-state index contributed by atoms with van der Waals surface area (Å²) in [6.07, 6.45) is -3.89. The minimum Gasteiger partial charge on any atom is -0.379 e. The molecule has 10 nitrogen and oxygen atoms in total. The number of amides is 1. The number of aromatic amines is 1. The van der Waals surface area contributed by atoms with Gasteiger partial charge in [-0.25, -0.2) is 15.1 Å². The van der Waals surface area contributed by atoms with Gasteiger partial charge in [0.05, 0.1) is 28.6 Å². The molecule has 16 heteroatoms. The van der Waals surface area contributed by atoms with E-state index in [2.05, 4.69) is 20.4 Å². The van der Waals surface area contributed by atoms with Crippen molar-refractivity contribution in [3.8, 4) is 0 Å². The van der Waals surface area contributed by atoms with Gasteiger partial charge >= 0.3 is 12.4 Å². The number of alkyl halides is 6. The largest absolute Gasteiger partial charge is 0.423 e. The second-order valence-corrected chi connectivity index (χ2v) is 10.1. The number of H-pyrrole nitrogens is 1. The van der Waals surface area contributed by atoms with Crippen LogP contribution in [-0.2, 0) is 18.9 Å². The van der Waals surface area contributed by atoms with Gasteiger partial charge in [0.1, 0.15) is 5.56 Å². The first-order valence-corrected chi connectivity index (χ1v) is 12.1. The Hall–Kier alpha value is -4.11. The Morgan fingerprint density at radius 2 is 1.77 bits per heavy atom. The quantitative estimate of drug-likeness (QED) is 0.434. The van der Waals surface area contributed by atoms with Crippen molar-refractivity contribution in [3.63, 3.8) is 0 Å². The number of hydrogen-bond donors (Lipinski definition) is 2. The molecular formula is C24H26F6N8O2. The zero-order valence-corrected chi connectivity index (χ0v) is 21.6. The Morgan fingerprint density at radius 3 is 2.38 bits per heavy atom. The topological polar surface area (TPSA) is 112 Å². The van der Waals surface area contributed by atoms with E-state index < -0.39 is 46.3 Å². The maximum absolute atomic E-state index is 13.3. The van der Waals surface area contributed by atoms with Crippen LogP contribution < -0.4 is 15.8 Å². The van der Waals surface area contributed by atoms with Crippen LogP contribution in [0.3, 0.4) is 0 Å². The highest BCUT2D eigenvalue weighted by Gasteiger charge is 2.39. The maximum Gasteiger partial charge on any atom is 0.423 e. The van der Waals surface area contributed by atoms with E-state index in [0.717, 1.165) is 18.6 Å². The molecule has 216 valence electrons. The van der Waals surface area contributed by atoms with Gasteiger partial charge < -0.3 is 19.7 Å². The second-order valence-electron chi connectivity index (χ2n) is 10.1. The standard InChI is InChI=1S/C24H26F6N8O2/c1-14(34-17-10-33-35-19(39)18(17)24(28,29)30)11-36-5-4-15(12-36)20(40)38-7-6-37(13-22(38,2)3)21-31-8-16(9-32-21)23(25,26)27/h4-5,8-10,12,14H,6-7,11,13H2,1-3H3,(H2,34,35,39)/t14-/m0/s1. The molecule has 0 spiro atoms. The van der Waals surface area contributed by atoms with Crippen LogP contribution in [0.25, 0.3) is 0 Å². The number of hydrogen-bond acceptors (Lipinski definition) is 7. The third-order valence-electron chi connectivity index (χ3n) is 6.42. The van der Waals surface area contributed by atoms with Gasteiger partial charge in [0.25, 0.3) is 11.5 Å². The lowest BCUT2D eigenvalue weighted by Crippen LogP contribution is -2.61. The summed E-state index contributed by atoms with van der Waals surface area (Å²) in [5.41, 5.74) is -4.50. The molecule has 40 heavy (non-hydrogen) atoms. The van der Waals surface area contributed by atoms with Crippen LogP contribution in [-0.4, -0.2) is 66.8 Å². The minimum absolute atomic E-state index is 0.130. The summed E-state index contributed by atoms with van der Waals surface area (Å²) < 4.78 is 80.1. The van der Waals surface area contributed by atoms with Crippen molar-refractivity contribution in [1.29, 1.82) is 0 Å². The van der Waals surface area contributed by atoms with Crippen molar-refractivity contribution in [2.75, 3.05) is 29.9 Å². The number of nitrogens with zero attached hydrogens (tertiary/aromatic N) is 6. The first-order valence-electron chi connectivity index (χ1n) is 12.1. The molecule has 1 fully saturated rings. The van der Waals surface area contributed by atoms with Crippen LogP contribution in [0, 0.1) is 0 Å². The number of anilines is 2. The Balaban J connectivity index is 1.41. The van der Waals surface area contributed by atoms with E-state index in [-0.39, 0.29) is 31.5 Å². The number of halogens is 6. The summed E-state index contributed by atoms with van der Waals surface area (Å²) in [6, 6.07) is 1.02. The zero-order chi connectivity index (χ0) is 29.5. The molecule has 0 unspecified atom stereocenters. The molecule has 0 saturated carbocycles. The molecule has 2 N–H and O–H groups in total. The van der Waals surface area contributed by atoms with Gasteiger partial charge in [-0.05, 0) is 26.8 Å². The number of nitrogens with one attached hydrogen (secondary N) is 2. The van der Waals surface area contributed by atoms with Crippen molar-refractivity contribution >= 4 is 17.5 Å². The molecular weight excluding hydrogens is 546 g/mol. The average molecular weight is 573 g/mol. The van der Waals surface area contributed by atoms with E-state index in [4.69, 9.17) is 0 Å². The SMILES string of the molecule is C[C@@H](Cn1ccc(C(=O)N2CCN(c3ncc(C(F)(F)F)cn3)CC2(C)C)c1)Nc1cn[nH]c(=O)c1C(F)(F)F. The third-order valence-corrected chi connectivity index (χ3v) is 6.42. The molecule has 3 aromatic heterocycles. The van der Waals surface area contributed by atoms with Gasteiger partial charge in [-0.2, -0.15) is 31.4 Å². The van der Waals surface area contributed by atoms with E-state index in [0.29, 0.717) is 12.1 Å². The fourth-order valence-corrected chi connectivity index (χ4v) is 4.59. The summed E-state index contributed by atoms with van der Waals surface area (Å²) in [7, 11) is 0. The van der Waals surface area contributed by atoms with Gasteiger partial charge in [-0.3, -0.25) is 9.59 Å². The van der Waals surface area contributed by atoms with Crippen molar-refractivity contribution in [1.82, 2.24) is 29.6 Å². The van der Waals surface area contributed by atoms with Crippen LogP contribution in [0.4, 0.5) is 38.0 Å². The monoisotopic (exact) mass is 572 g/mol. The van der Waals surface area contributed by atoms with E-state index in [1.807, 2.05) is 13.8 Å². The smallest absolute Gasteiger partial charge is 0.379 e. The van der Waals surface area contributed by atoms with Gasteiger partial charge in [0, 0.05) is 57.0 Å².